The molecular weight excluding hydrogens is 835 g/mol. The summed E-state index contributed by atoms with van der Waals surface area (Å²) in [4.78, 5) is 73.9. The molecule has 5 amide bonds. The fraction of sp³-hybridized carbons (Fsp3) is 0.611. The van der Waals surface area contributed by atoms with Crippen molar-refractivity contribution < 1.29 is 46.6 Å². The first-order valence-corrected chi connectivity index (χ1v) is 20.7. The van der Waals surface area contributed by atoms with Crippen molar-refractivity contribution in [3.05, 3.63) is 30.5 Å². The maximum absolute atomic E-state index is 14.6. The zero-order chi connectivity index (χ0) is 39.7. The fourth-order valence-electron chi connectivity index (χ4n) is 6.44. The number of amides is 5. The SMILES string of the molecule is CC[C@H](C)[C@H](NC(=O)N[C@H](C(=O)N1C[C@H](Oc2nccc3cc(OC)ccc23)C[C@H]1C(=O)N[C@]1(C(=O)NS(=O)(=O)C2CC2)C[C@H]1I)C(C)(C)C)C(=O)OC. The number of carbonyl (C=O) groups excluding carboxylic acids is 5. The second-order valence-corrected chi connectivity index (χ2v) is 18.8. The third-order valence-electron chi connectivity index (χ3n) is 10.2. The first kappa shape index (κ1) is 41.2. The lowest BCUT2D eigenvalue weighted by Crippen LogP contribution is -2.62. The average Bonchev–Trinajstić information content (AvgIpc) is 4.05. The molecule has 4 N–H and O–H groups in total. The molecule has 2 heterocycles. The van der Waals surface area contributed by atoms with Gasteiger partial charge in [-0.05, 0) is 60.2 Å². The van der Waals surface area contributed by atoms with E-state index in [0.717, 1.165) is 5.39 Å². The monoisotopic (exact) mass is 884 g/mol. The Bertz CT molecular complexity index is 1900. The van der Waals surface area contributed by atoms with Crippen LogP contribution in [0.3, 0.4) is 0 Å². The summed E-state index contributed by atoms with van der Waals surface area (Å²) in [7, 11) is -1.11. The van der Waals surface area contributed by atoms with E-state index in [0.29, 0.717) is 30.4 Å². The Morgan fingerprint density at radius 3 is 2.35 bits per heavy atom. The lowest BCUT2D eigenvalue weighted by atomic mass is 9.85. The van der Waals surface area contributed by atoms with Crippen molar-refractivity contribution in [2.45, 2.75) is 106 Å². The highest BCUT2D eigenvalue weighted by Gasteiger charge is 2.62. The summed E-state index contributed by atoms with van der Waals surface area (Å²) in [6, 6.07) is 3.06. The molecule has 0 unspecified atom stereocenters. The van der Waals surface area contributed by atoms with Gasteiger partial charge in [0.25, 0.3) is 5.91 Å². The second kappa shape index (κ2) is 16.0. The number of benzene rings is 1. The van der Waals surface area contributed by atoms with Crippen LogP contribution in [0.4, 0.5) is 4.79 Å². The van der Waals surface area contributed by atoms with Gasteiger partial charge >= 0.3 is 12.0 Å². The number of fused-ring (bicyclic) bond motifs is 1. The number of pyridine rings is 1. The number of halogens is 1. The summed E-state index contributed by atoms with van der Waals surface area (Å²) in [5, 5.41) is 8.98. The van der Waals surface area contributed by atoms with Gasteiger partial charge in [-0.15, -0.1) is 0 Å². The Hall–Kier alpha value is -3.94. The average molecular weight is 885 g/mol. The van der Waals surface area contributed by atoms with E-state index in [1.807, 2.05) is 35.6 Å². The first-order chi connectivity index (χ1) is 25.3. The van der Waals surface area contributed by atoms with Crippen molar-refractivity contribution in [2.75, 3.05) is 20.8 Å². The maximum Gasteiger partial charge on any atom is 0.328 e. The number of esters is 1. The van der Waals surface area contributed by atoms with Gasteiger partial charge in [0.1, 0.15) is 35.5 Å². The zero-order valence-electron chi connectivity index (χ0n) is 31.4. The molecule has 2 aromatic rings. The molecule has 1 aromatic carbocycles. The summed E-state index contributed by atoms with van der Waals surface area (Å²) in [5.74, 6) is -2.10. The Kier molecular flexibility index (Phi) is 12.2. The van der Waals surface area contributed by atoms with Crippen LogP contribution in [-0.4, -0.2) is 108 Å². The highest BCUT2D eigenvalue weighted by atomic mass is 127. The molecule has 7 atom stereocenters. The van der Waals surface area contributed by atoms with E-state index in [1.165, 1.54) is 12.0 Å². The van der Waals surface area contributed by atoms with Gasteiger partial charge in [-0.1, -0.05) is 63.6 Å². The Labute approximate surface area is 328 Å². The predicted molar refractivity (Wildman–Crippen MR) is 206 cm³/mol. The molecule has 3 fully saturated rings. The van der Waals surface area contributed by atoms with Gasteiger partial charge in [-0.2, -0.15) is 0 Å². The number of nitrogens with zero attached hydrogens (tertiary/aromatic N) is 2. The molecule has 2 saturated carbocycles. The maximum atomic E-state index is 14.6. The second-order valence-electron chi connectivity index (χ2n) is 15.3. The van der Waals surface area contributed by atoms with Gasteiger partial charge in [-0.25, -0.2) is 23.0 Å². The molecule has 18 heteroatoms. The molecule has 1 aliphatic heterocycles. The number of hydrogen-bond acceptors (Lipinski definition) is 11. The zero-order valence-corrected chi connectivity index (χ0v) is 34.4. The van der Waals surface area contributed by atoms with Crippen molar-refractivity contribution in [2.24, 2.45) is 11.3 Å². The number of nitrogens with one attached hydrogen (secondary N) is 4. The molecule has 16 nitrogen and oxygen atoms in total. The van der Waals surface area contributed by atoms with Crippen LogP contribution in [-0.2, 0) is 33.9 Å². The van der Waals surface area contributed by atoms with Crippen molar-refractivity contribution in [1.82, 2.24) is 30.6 Å². The minimum Gasteiger partial charge on any atom is -0.497 e. The number of ether oxygens (including phenoxy) is 3. The minimum atomic E-state index is -3.89. The minimum absolute atomic E-state index is 0.00271. The number of hydrogen-bond donors (Lipinski definition) is 4. The molecule has 296 valence electrons. The third kappa shape index (κ3) is 8.95. The van der Waals surface area contributed by atoms with Crippen molar-refractivity contribution in [3.63, 3.8) is 0 Å². The van der Waals surface area contributed by atoms with Gasteiger partial charge in [0.2, 0.25) is 27.7 Å². The van der Waals surface area contributed by atoms with Gasteiger partial charge in [0.15, 0.2) is 0 Å². The van der Waals surface area contributed by atoms with E-state index in [4.69, 9.17) is 14.2 Å². The van der Waals surface area contributed by atoms with E-state index >= 15 is 0 Å². The summed E-state index contributed by atoms with van der Waals surface area (Å²) in [5.41, 5.74) is -2.38. The van der Waals surface area contributed by atoms with E-state index in [2.05, 4.69) is 25.7 Å². The number of likely N-dealkylation sites (tertiary alicyclic amines) is 1. The van der Waals surface area contributed by atoms with Crippen molar-refractivity contribution >= 4 is 73.1 Å². The molecule has 3 aliphatic rings. The number of methoxy groups -OCH3 is 2. The number of alkyl halides is 1. The van der Waals surface area contributed by atoms with Crippen LogP contribution in [0, 0.1) is 11.3 Å². The predicted octanol–water partition coefficient (Wildman–Crippen LogP) is 2.56. The molecule has 5 rings (SSSR count). The largest absolute Gasteiger partial charge is 0.497 e. The Morgan fingerprint density at radius 2 is 1.78 bits per heavy atom. The molecule has 0 spiro atoms. The lowest BCUT2D eigenvalue weighted by molar-refractivity contribution is -0.144. The number of sulfonamides is 1. The van der Waals surface area contributed by atoms with Crippen LogP contribution < -0.4 is 30.1 Å². The number of urea groups is 1. The van der Waals surface area contributed by atoms with Gasteiger partial charge in [-0.3, -0.25) is 19.1 Å². The summed E-state index contributed by atoms with van der Waals surface area (Å²) >= 11 is 1.99. The van der Waals surface area contributed by atoms with Crippen molar-refractivity contribution in [1.29, 1.82) is 0 Å². The molecule has 2 aliphatic carbocycles. The molecule has 1 aromatic heterocycles. The standard InChI is InChI=1S/C36H49IN6O10S/c1-8-19(2)27(32(46)52-7)39-34(48)40-28(35(3,4)5)31(45)43-18-22(53-30-24-12-9-21(51-6)15-20(24)13-14-38-30)16-25(43)29(44)41-36(17-26(36)37)33(47)42-54(49,50)23-10-11-23/h9,12-15,19,22-23,25-28H,8,10-11,16-18H2,1-7H3,(H,41,44)(H,42,47)(H2,39,40,48)/t19-,22+,25-,26+,27-,28+,36+/m0/s1. The highest BCUT2D eigenvalue weighted by molar-refractivity contribution is 14.1. The van der Waals surface area contributed by atoms with Gasteiger partial charge in [0, 0.05) is 21.9 Å². The molecule has 54 heavy (non-hydrogen) atoms. The smallest absolute Gasteiger partial charge is 0.328 e. The molecule has 1 saturated heterocycles. The van der Waals surface area contributed by atoms with E-state index in [9.17, 15) is 32.4 Å². The summed E-state index contributed by atoms with van der Waals surface area (Å²) in [6.45, 7) is 8.82. The normalized spacial score (nSPS) is 24.1. The van der Waals surface area contributed by atoms with Crippen LogP contribution in [0.25, 0.3) is 10.8 Å². The Balaban J connectivity index is 1.43. The lowest BCUT2D eigenvalue weighted by Gasteiger charge is -2.36. The number of aromatic nitrogens is 1. The van der Waals surface area contributed by atoms with Crippen LogP contribution in [0.5, 0.6) is 11.6 Å². The number of carbonyl (C=O) groups is 5. The molecule has 0 radical (unpaired) electrons. The van der Waals surface area contributed by atoms with Crippen LogP contribution in [0.15, 0.2) is 30.5 Å². The van der Waals surface area contributed by atoms with Crippen molar-refractivity contribution in [3.8, 4) is 11.6 Å². The van der Waals surface area contributed by atoms with E-state index < -0.39 is 84.1 Å². The summed E-state index contributed by atoms with van der Waals surface area (Å²) < 4.78 is 43.7. The number of rotatable bonds is 14. The fourth-order valence-corrected chi connectivity index (χ4v) is 8.93. The van der Waals surface area contributed by atoms with Gasteiger partial charge in [0.05, 0.1) is 26.0 Å². The topological polar surface area (TPSA) is 211 Å². The van der Waals surface area contributed by atoms with Crippen LogP contribution in [0.2, 0.25) is 0 Å². The quantitative estimate of drug-likeness (QED) is 0.123. The van der Waals surface area contributed by atoms with Crippen LogP contribution in [0.1, 0.15) is 66.7 Å². The Morgan fingerprint density at radius 1 is 1.09 bits per heavy atom. The third-order valence-corrected chi connectivity index (χ3v) is 13.6. The molecular formula is C36H49IN6O10S. The molecule has 0 bridgehead atoms. The highest BCUT2D eigenvalue weighted by Crippen LogP contribution is 2.44. The first-order valence-electron chi connectivity index (χ1n) is 17.9. The van der Waals surface area contributed by atoms with E-state index in [1.54, 1.807) is 59.2 Å². The van der Waals surface area contributed by atoms with E-state index in [-0.39, 0.29) is 31.2 Å². The van der Waals surface area contributed by atoms with Gasteiger partial charge < -0.3 is 35.1 Å². The summed E-state index contributed by atoms with van der Waals surface area (Å²) in [6.07, 6.45) is 2.49. The van der Waals surface area contributed by atoms with Crippen LogP contribution >= 0.6 is 22.6 Å².